The number of likely N-dealkylation sites (tertiary alicyclic amines) is 1. The van der Waals surface area contributed by atoms with Crippen molar-refractivity contribution in [2.45, 2.75) is 43.7 Å². The Morgan fingerprint density at radius 1 is 1.33 bits per heavy atom. The molecule has 0 bridgehead atoms. The Morgan fingerprint density at radius 2 is 2.14 bits per heavy atom. The van der Waals surface area contributed by atoms with Crippen molar-refractivity contribution in [3.63, 3.8) is 0 Å². The van der Waals surface area contributed by atoms with E-state index in [-0.39, 0.29) is 23.9 Å². The summed E-state index contributed by atoms with van der Waals surface area (Å²) in [5.74, 6) is 1.65. The first-order chi connectivity index (χ1) is 10.1. The van der Waals surface area contributed by atoms with Crippen molar-refractivity contribution >= 4 is 5.91 Å². The summed E-state index contributed by atoms with van der Waals surface area (Å²) in [6.45, 7) is 1.30. The van der Waals surface area contributed by atoms with Crippen LogP contribution in [0.1, 0.15) is 37.4 Å². The zero-order valence-corrected chi connectivity index (χ0v) is 12.6. The number of nitrogens with two attached hydrogens (primary N) is 2. The SMILES string of the molecule is Cn1ccnc1[C@@H]1CN(C(=O)C[C@@H]2CCC[C@H]2N)C[C@H]1N. The number of nitrogens with zero attached hydrogens (tertiary/aromatic N) is 3. The number of carbonyl (C=O) groups excluding carboxylic acids is 1. The Bertz CT molecular complexity index is 514. The van der Waals surface area contributed by atoms with E-state index in [4.69, 9.17) is 11.5 Å². The molecule has 0 aromatic carbocycles. The Hall–Kier alpha value is -1.40. The number of hydrogen-bond donors (Lipinski definition) is 2. The highest BCUT2D eigenvalue weighted by molar-refractivity contribution is 5.77. The fraction of sp³-hybridized carbons (Fsp3) is 0.733. The van der Waals surface area contributed by atoms with Crippen molar-refractivity contribution in [3.8, 4) is 0 Å². The molecule has 6 nitrogen and oxygen atoms in total. The van der Waals surface area contributed by atoms with Gasteiger partial charge in [0.2, 0.25) is 5.91 Å². The van der Waals surface area contributed by atoms with Gasteiger partial charge in [-0.15, -0.1) is 0 Å². The Kier molecular flexibility index (Phi) is 3.99. The van der Waals surface area contributed by atoms with E-state index in [0.29, 0.717) is 25.4 Å². The third kappa shape index (κ3) is 2.82. The minimum Gasteiger partial charge on any atom is -0.340 e. The molecule has 3 rings (SSSR count). The maximum absolute atomic E-state index is 12.5. The minimum atomic E-state index is -0.0349. The molecule has 6 heteroatoms. The van der Waals surface area contributed by atoms with Gasteiger partial charge in [-0.3, -0.25) is 4.79 Å². The number of aromatic nitrogens is 2. The fourth-order valence-corrected chi connectivity index (χ4v) is 3.71. The standard InChI is InChI=1S/C15H25N5O/c1-19-6-5-18-15(19)11-8-20(9-13(11)17)14(21)7-10-3-2-4-12(10)16/h5-6,10-13H,2-4,7-9,16-17H2,1H3/t10-,11+,12+,13+/m0/s1. The molecule has 1 aliphatic carbocycles. The third-order valence-electron chi connectivity index (χ3n) is 5.06. The third-order valence-corrected chi connectivity index (χ3v) is 5.06. The Morgan fingerprint density at radius 3 is 2.76 bits per heavy atom. The molecule has 1 saturated carbocycles. The summed E-state index contributed by atoms with van der Waals surface area (Å²) in [6.07, 6.45) is 7.55. The predicted octanol–water partition coefficient (Wildman–Crippen LogP) is 0.191. The largest absolute Gasteiger partial charge is 0.340 e. The molecule has 1 amide bonds. The number of imidazole rings is 1. The number of aryl methyl sites for hydroxylation is 1. The molecule has 1 saturated heterocycles. The molecular weight excluding hydrogens is 266 g/mol. The zero-order chi connectivity index (χ0) is 15.0. The summed E-state index contributed by atoms with van der Waals surface area (Å²) in [7, 11) is 1.97. The Labute approximate surface area is 125 Å². The molecular formula is C15H25N5O. The van der Waals surface area contributed by atoms with E-state index in [1.165, 1.54) is 0 Å². The highest BCUT2D eigenvalue weighted by Crippen LogP contribution is 2.30. The van der Waals surface area contributed by atoms with E-state index in [1.807, 2.05) is 22.7 Å². The molecule has 2 heterocycles. The molecule has 2 aliphatic rings. The van der Waals surface area contributed by atoms with Gasteiger partial charge in [0.1, 0.15) is 5.82 Å². The van der Waals surface area contributed by atoms with Crippen molar-refractivity contribution < 1.29 is 4.79 Å². The lowest BCUT2D eigenvalue weighted by molar-refractivity contribution is -0.131. The maximum Gasteiger partial charge on any atom is 0.222 e. The van der Waals surface area contributed by atoms with E-state index in [0.717, 1.165) is 25.1 Å². The quantitative estimate of drug-likeness (QED) is 0.832. The second kappa shape index (κ2) is 5.77. The summed E-state index contributed by atoms with van der Waals surface area (Å²) in [5.41, 5.74) is 12.3. The van der Waals surface area contributed by atoms with Gasteiger partial charge in [0.25, 0.3) is 0 Å². The van der Waals surface area contributed by atoms with Gasteiger partial charge in [-0.2, -0.15) is 0 Å². The lowest BCUT2D eigenvalue weighted by Gasteiger charge is -2.20. The van der Waals surface area contributed by atoms with Crippen molar-refractivity contribution in [3.05, 3.63) is 18.2 Å². The van der Waals surface area contributed by atoms with E-state index in [2.05, 4.69) is 4.98 Å². The molecule has 0 unspecified atom stereocenters. The van der Waals surface area contributed by atoms with Crippen LogP contribution in [0.2, 0.25) is 0 Å². The normalized spacial score (nSPS) is 32.8. The van der Waals surface area contributed by atoms with Gasteiger partial charge < -0.3 is 20.9 Å². The number of carbonyl (C=O) groups is 1. The molecule has 1 aromatic rings. The van der Waals surface area contributed by atoms with Gasteiger partial charge in [-0.05, 0) is 18.8 Å². The summed E-state index contributed by atoms with van der Waals surface area (Å²) >= 11 is 0. The molecule has 2 fully saturated rings. The highest BCUT2D eigenvalue weighted by Gasteiger charge is 2.37. The second-order valence-corrected chi connectivity index (χ2v) is 6.52. The van der Waals surface area contributed by atoms with Gasteiger partial charge in [-0.1, -0.05) is 6.42 Å². The van der Waals surface area contributed by atoms with Crippen LogP contribution < -0.4 is 11.5 Å². The lowest BCUT2D eigenvalue weighted by atomic mass is 9.99. The molecule has 4 N–H and O–H groups in total. The summed E-state index contributed by atoms with van der Waals surface area (Å²) in [5, 5.41) is 0. The second-order valence-electron chi connectivity index (χ2n) is 6.52. The van der Waals surface area contributed by atoms with Crippen LogP contribution in [0.25, 0.3) is 0 Å². The molecule has 21 heavy (non-hydrogen) atoms. The first-order valence-corrected chi connectivity index (χ1v) is 7.82. The van der Waals surface area contributed by atoms with Crippen LogP contribution in [0.15, 0.2) is 12.4 Å². The predicted molar refractivity (Wildman–Crippen MR) is 80.4 cm³/mol. The van der Waals surface area contributed by atoms with Crippen LogP contribution in [0.4, 0.5) is 0 Å². The molecule has 1 aliphatic heterocycles. The number of rotatable bonds is 3. The van der Waals surface area contributed by atoms with Crippen LogP contribution in [0.5, 0.6) is 0 Å². The first kappa shape index (κ1) is 14.5. The van der Waals surface area contributed by atoms with Crippen LogP contribution >= 0.6 is 0 Å². The van der Waals surface area contributed by atoms with E-state index >= 15 is 0 Å². The molecule has 1 aromatic heterocycles. The summed E-state index contributed by atoms with van der Waals surface area (Å²) < 4.78 is 1.99. The van der Waals surface area contributed by atoms with Crippen LogP contribution in [0, 0.1) is 5.92 Å². The van der Waals surface area contributed by atoms with Crippen LogP contribution in [0.3, 0.4) is 0 Å². The monoisotopic (exact) mass is 291 g/mol. The maximum atomic E-state index is 12.5. The first-order valence-electron chi connectivity index (χ1n) is 7.82. The van der Waals surface area contributed by atoms with Crippen LogP contribution in [-0.2, 0) is 11.8 Å². The van der Waals surface area contributed by atoms with Gasteiger partial charge >= 0.3 is 0 Å². The fourth-order valence-electron chi connectivity index (χ4n) is 3.71. The minimum absolute atomic E-state index is 0.0349. The number of amides is 1. The lowest BCUT2D eigenvalue weighted by Crippen LogP contribution is -2.35. The molecule has 116 valence electrons. The van der Waals surface area contributed by atoms with E-state index in [9.17, 15) is 4.79 Å². The summed E-state index contributed by atoms with van der Waals surface area (Å²) in [6, 6.07) is 0.155. The highest BCUT2D eigenvalue weighted by atomic mass is 16.2. The van der Waals surface area contributed by atoms with Crippen molar-refractivity contribution in [1.29, 1.82) is 0 Å². The van der Waals surface area contributed by atoms with Gasteiger partial charge in [0, 0.05) is 51.0 Å². The average Bonchev–Trinajstić information content (AvgIpc) is 3.12. The van der Waals surface area contributed by atoms with Crippen molar-refractivity contribution in [2.24, 2.45) is 24.4 Å². The van der Waals surface area contributed by atoms with E-state index in [1.54, 1.807) is 6.20 Å². The van der Waals surface area contributed by atoms with Crippen molar-refractivity contribution in [1.82, 2.24) is 14.5 Å². The number of hydrogen-bond acceptors (Lipinski definition) is 4. The van der Waals surface area contributed by atoms with Gasteiger partial charge in [0.05, 0.1) is 5.92 Å². The summed E-state index contributed by atoms with van der Waals surface area (Å²) in [4.78, 5) is 18.8. The smallest absolute Gasteiger partial charge is 0.222 e. The Balaban J connectivity index is 1.63. The van der Waals surface area contributed by atoms with Crippen LogP contribution in [-0.4, -0.2) is 45.5 Å². The van der Waals surface area contributed by atoms with Crippen molar-refractivity contribution in [2.75, 3.05) is 13.1 Å². The average molecular weight is 291 g/mol. The van der Waals surface area contributed by atoms with Gasteiger partial charge in [0.15, 0.2) is 0 Å². The topological polar surface area (TPSA) is 90.2 Å². The molecule has 0 spiro atoms. The molecule has 4 atom stereocenters. The van der Waals surface area contributed by atoms with E-state index < -0.39 is 0 Å². The van der Waals surface area contributed by atoms with Gasteiger partial charge in [-0.25, -0.2) is 4.98 Å². The zero-order valence-electron chi connectivity index (χ0n) is 12.6. The molecule has 0 radical (unpaired) electrons.